The van der Waals surface area contributed by atoms with E-state index < -0.39 is 34.7 Å². The molecule has 5 unspecified atom stereocenters. The smallest absolute Gasteiger partial charge is 0.413 e. The van der Waals surface area contributed by atoms with Crippen molar-refractivity contribution in [3.63, 3.8) is 0 Å². The lowest BCUT2D eigenvalue weighted by Gasteiger charge is -2.58. The lowest BCUT2D eigenvalue weighted by Crippen LogP contribution is -2.57. The molecule has 5 atom stereocenters. The van der Waals surface area contributed by atoms with E-state index in [1.165, 1.54) is 29.5 Å². The normalized spacial score (nSPS) is 28.1. The van der Waals surface area contributed by atoms with E-state index >= 15 is 0 Å². The van der Waals surface area contributed by atoms with Crippen LogP contribution in [0.5, 0.6) is 0 Å². The number of fused-ring (bicyclic) bond motifs is 2. The summed E-state index contributed by atoms with van der Waals surface area (Å²) in [5.74, 6) is -2.31. The summed E-state index contributed by atoms with van der Waals surface area (Å²) in [7, 11) is 0. The minimum Gasteiger partial charge on any atom is -0.445 e. The van der Waals surface area contributed by atoms with Crippen molar-refractivity contribution in [2.45, 2.75) is 58.1 Å². The molecule has 38 heavy (non-hydrogen) atoms. The predicted molar refractivity (Wildman–Crippen MR) is 139 cm³/mol. The molecule has 0 spiro atoms. The molecule has 1 heterocycles. The van der Waals surface area contributed by atoms with Crippen molar-refractivity contribution >= 4 is 28.5 Å². The van der Waals surface area contributed by atoms with E-state index in [1.54, 1.807) is 0 Å². The number of hydrogen-bond acceptors (Lipinski definition) is 7. The van der Waals surface area contributed by atoms with Crippen LogP contribution >= 0.6 is 11.3 Å². The number of halogens is 2. The molecule has 1 aromatic heterocycles. The van der Waals surface area contributed by atoms with Gasteiger partial charge in [0, 0.05) is 35.2 Å². The van der Waals surface area contributed by atoms with Crippen LogP contribution < -0.4 is 10.6 Å². The van der Waals surface area contributed by atoms with E-state index in [9.17, 15) is 28.6 Å². The molecule has 1 aromatic carbocycles. The Hall–Kier alpha value is -2.89. The van der Waals surface area contributed by atoms with Gasteiger partial charge in [0.25, 0.3) is 0 Å². The highest BCUT2D eigenvalue weighted by atomic mass is 32.1. The summed E-state index contributed by atoms with van der Waals surface area (Å²) in [6.45, 7) is 7.23. The van der Waals surface area contributed by atoms with Crippen LogP contribution in [-0.2, 0) is 22.5 Å². The van der Waals surface area contributed by atoms with Crippen LogP contribution in [0.3, 0.4) is 0 Å². The molecule has 11 heteroatoms. The van der Waals surface area contributed by atoms with Gasteiger partial charge in [0.2, 0.25) is 5.91 Å². The summed E-state index contributed by atoms with van der Waals surface area (Å²) in [6, 6.07) is 3.10. The number of rotatable bonds is 8. The molecular weight excluding hydrogens is 516 g/mol. The number of aromatic nitrogens is 1. The Labute approximate surface area is 224 Å². The molecule has 4 rings (SSSR count). The summed E-state index contributed by atoms with van der Waals surface area (Å²) >= 11 is 1.28. The number of thiazole rings is 1. The van der Waals surface area contributed by atoms with Crippen LogP contribution in [0, 0.1) is 28.4 Å². The van der Waals surface area contributed by atoms with Crippen LogP contribution in [-0.4, -0.2) is 46.5 Å². The molecule has 2 aliphatic rings. The molecule has 0 saturated heterocycles. The second kappa shape index (κ2) is 11.1. The van der Waals surface area contributed by atoms with Crippen molar-refractivity contribution in [3.8, 4) is 0 Å². The predicted octanol–water partition coefficient (Wildman–Crippen LogP) is 4.28. The number of nitrogens with one attached hydrogen (secondary N) is 2. The maximum absolute atomic E-state index is 13.6. The summed E-state index contributed by atoms with van der Waals surface area (Å²) in [5.41, 5.74) is -0.285. The first-order chi connectivity index (χ1) is 18.0. The molecule has 0 aliphatic heterocycles. The SMILES string of the molecule is C=CCOC(=O)Nc1nc2c(s1)CC1C(C)(CO)C(O)CCC1(C)C2CC(=O)NCc1cc(F)cc(F)c1. The third kappa shape index (κ3) is 5.45. The fourth-order valence-corrected chi connectivity index (χ4v) is 7.18. The highest BCUT2D eigenvalue weighted by molar-refractivity contribution is 7.15. The second-order valence-corrected chi connectivity index (χ2v) is 11.7. The van der Waals surface area contributed by atoms with E-state index in [4.69, 9.17) is 4.74 Å². The number of carbonyl (C=O) groups is 2. The number of ether oxygens (including phenoxy) is 1. The fourth-order valence-electron chi connectivity index (χ4n) is 6.13. The number of aliphatic hydroxyl groups is 2. The van der Waals surface area contributed by atoms with Crippen molar-refractivity contribution < 1.29 is 33.3 Å². The zero-order valence-electron chi connectivity index (χ0n) is 21.4. The van der Waals surface area contributed by atoms with Crippen LogP contribution in [0.25, 0.3) is 0 Å². The largest absolute Gasteiger partial charge is 0.445 e. The molecule has 206 valence electrons. The van der Waals surface area contributed by atoms with Gasteiger partial charge in [0.05, 0.1) is 18.4 Å². The highest BCUT2D eigenvalue weighted by Gasteiger charge is 2.59. The molecule has 0 radical (unpaired) electrons. The third-order valence-electron chi connectivity index (χ3n) is 8.24. The van der Waals surface area contributed by atoms with Gasteiger partial charge in [-0.15, -0.1) is 11.3 Å². The Balaban J connectivity index is 1.62. The van der Waals surface area contributed by atoms with E-state index in [2.05, 4.69) is 29.1 Å². The maximum Gasteiger partial charge on any atom is 0.413 e. The Bertz CT molecular complexity index is 1200. The molecule has 0 bridgehead atoms. The average Bonchev–Trinajstić information content (AvgIpc) is 3.26. The van der Waals surface area contributed by atoms with Gasteiger partial charge < -0.3 is 20.3 Å². The van der Waals surface area contributed by atoms with Gasteiger partial charge in [-0.25, -0.2) is 18.6 Å². The zero-order valence-corrected chi connectivity index (χ0v) is 22.2. The Morgan fingerprint density at radius 2 is 2.00 bits per heavy atom. The Morgan fingerprint density at radius 3 is 2.66 bits per heavy atom. The van der Waals surface area contributed by atoms with Crippen molar-refractivity contribution in [3.05, 3.63) is 58.6 Å². The lowest BCUT2D eigenvalue weighted by atomic mass is 9.47. The highest BCUT2D eigenvalue weighted by Crippen LogP contribution is 2.62. The number of anilines is 1. The molecule has 8 nitrogen and oxygen atoms in total. The summed E-state index contributed by atoms with van der Waals surface area (Å²) < 4.78 is 32.2. The minimum absolute atomic E-state index is 0.0412. The van der Waals surface area contributed by atoms with Crippen LogP contribution in [0.4, 0.5) is 18.7 Å². The molecule has 2 aromatic rings. The Morgan fingerprint density at radius 1 is 1.29 bits per heavy atom. The first-order valence-corrected chi connectivity index (χ1v) is 13.4. The molecule has 4 N–H and O–H groups in total. The second-order valence-electron chi connectivity index (χ2n) is 10.6. The summed E-state index contributed by atoms with van der Waals surface area (Å²) in [6.07, 6.45) is 1.72. The molecule has 2 amide bonds. The van der Waals surface area contributed by atoms with Crippen molar-refractivity contribution in [1.29, 1.82) is 0 Å². The van der Waals surface area contributed by atoms with Crippen LogP contribution in [0.15, 0.2) is 30.9 Å². The zero-order chi connectivity index (χ0) is 27.7. The van der Waals surface area contributed by atoms with Gasteiger partial charge in [-0.1, -0.05) is 26.5 Å². The fraction of sp³-hybridized carbons (Fsp3) is 0.519. The van der Waals surface area contributed by atoms with Gasteiger partial charge in [0.15, 0.2) is 5.13 Å². The molecule has 1 fully saturated rings. The minimum atomic E-state index is -0.793. The number of hydrogen-bond donors (Lipinski definition) is 4. The van der Waals surface area contributed by atoms with Gasteiger partial charge in [0.1, 0.15) is 18.2 Å². The molecule has 1 saturated carbocycles. The van der Waals surface area contributed by atoms with Crippen LogP contribution in [0.1, 0.15) is 55.2 Å². The molecular formula is C27H33F2N3O5S. The number of nitrogens with zero attached hydrogens (tertiary/aromatic N) is 1. The maximum atomic E-state index is 13.6. The quantitative estimate of drug-likeness (QED) is 0.365. The number of aliphatic hydroxyl groups excluding tert-OH is 2. The molecule has 2 aliphatic carbocycles. The van der Waals surface area contributed by atoms with Gasteiger partial charge in [-0.3, -0.25) is 10.1 Å². The first kappa shape index (κ1) is 28.1. The Kier molecular flexibility index (Phi) is 8.20. The van der Waals surface area contributed by atoms with Crippen molar-refractivity contribution in [2.24, 2.45) is 16.7 Å². The van der Waals surface area contributed by atoms with E-state index in [0.717, 1.165) is 10.9 Å². The van der Waals surface area contributed by atoms with Crippen molar-refractivity contribution in [2.75, 3.05) is 18.5 Å². The number of carbonyl (C=O) groups excluding carboxylic acids is 2. The van der Waals surface area contributed by atoms with E-state index in [0.29, 0.717) is 35.7 Å². The first-order valence-electron chi connectivity index (χ1n) is 12.5. The third-order valence-corrected chi connectivity index (χ3v) is 9.25. The van der Waals surface area contributed by atoms with E-state index in [1.807, 2.05) is 6.92 Å². The van der Waals surface area contributed by atoms with Gasteiger partial charge >= 0.3 is 6.09 Å². The number of benzene rings is 1. The monoisotopic (exact) mass is 549 g/mol. The van der Waals surface area contributed by atoms with Crippen LogP contribution in [0.2, 0.25) is 0 Å². The average molecular weight is 550 g/mol. The topological polar surface area (TPSA) is 121 Å². The lowest BCUT2D eigenvalue weighted by molar-refractivity contribution is -0.144. The van der Waals surface area contributed by atoms with Gasteiger partial charge in [-0.2, -0.15) is 0 Å². The van der Waals surface area contributed by atoms with Crippen molar-refractivity contribution in [1.82, 2.24) is 10.3 Å². The summed E-state index contributed by atoms with van der Waals surface area (Å²) in [5, 5.41) is 26.9. The standard InChI is InChI=1S/C27H33F2N3O5S/c1-4-7-37-25(36)32-24-31-23-18(11-22(35)30-13-15-8-16(28)10-17(29)9-15)26(2)6-5-21(34)27(3,14-33)20(26)12-19(23)38-24/h4,8-10,18,20-21,33-34H,1,5-7,11-14H2,2-3H3,(H,30,35)(H,31,32,36). The van der Waals surface area contributed by atoms with E-state index in [-0.39, 0.29) is 43.9 Å². The summed E-state index contributed by atoms with van der Waals surface area (Å²) in [4.78, 5) is 30.8. The number of amides is 2. The van der Waals surface area contributed by atoms with Gasteiger partial charge in [-0.05, 0) is 48.3 Å².